The standard InChI is InChI=1S/C13H25NO/c1-9(2)11-5-7-12(8-6-11)13(15)14-10(3)4/h9-12H,5-8H2,1-4H3,(H,14,15). The Balaban J connectivity index is 2.34. The van der Waals surface area contributed by atoms with E-state index in [1.54, 1.807) is 0 Å². The SMILES string of the molecule is CC(C)NC(=O)C1CCC(C(C)C)CC1. The fourth-order valence-electron chi connectivity index (χ4n) is 2.45. The van der Waals surface area contributed by atoms with Crippen LogP contribution in [0.5, 0.6) is 0 Å². The molecule has 1 fully saturated rings. The van der Waals surface area contributed by atoms with Crippen LogP contribution in [0.4, 0.5) is 0 Å². The molecule has 2 nitrogen and oxygen atoms in total. The fourth-order valence-corrected chi connectivity index (χ4v) is 2.45. The van der Waals surface area contributed by atoms with E-state index < -0.39 is 0 Å². The van der Waals surface area contributed by atoms with E-state index in [1.165, 1.54) is 12.8 Å². The van der Waals surface area contributed by atoms with Crippen molar-refractivity contribution < 1.29 is 4.79 Å². The molecule has 1 rings (SSSR count). The molecule has 0 unspecified atom stereocenters. The molecule has 0 aromatic carbocycles. The number of amides is 1. The van der Waals surface area contributed by atoms with Crippen molar-refractivity contribution in [1.29, 1.82) is 0 Å². The van der Waals surface area contributed by atoms with E-state index in [9.17, 15) is 4.79 Å². The Morgan fingerprint density at radius 1 is 1.07 bits per heavy atom. The largest absolute Gasteiger partial charge is 0.354 e. The zero-order valence-corrected chi connectivity index (χ0v) is 10.5. The molecule has 0 radical (unpaired) electrons. The van der Waals surface area contributed by atoms with E-state index >= 15 is 0 Å². The van der Waals surface area contributed by atoms with Gasteiger partial charge in [0.2, 0.25) is 5.91 Å². The first-order valence-corrected chi connectivity index (χ1v) is 6.31. The van der Waals surface area contributed by atoms with Gasteiger partial charge in [-0.05, 0) is 51.4 Å². The molecule has 1 saturated carbocycles. The van der Waals surface area contributed by atoms with Crippen LogP contribution in [0.25, 0.3) is 0 Å². The van der Waals surface area contributed by atoms with Crippen molar-refractivity contribution in [3.05, 3.63) is 0 Å². The van der Waals surface area contributed by atoms with Gasteiger partial charge in [0.05, 0.1) is 0 Å². The van der Waals surface area contributed by atoms with Crippen molar-refractivity contribution in [3.63, 3.8) is 0 Å². The summed E-state index contributed by atoms with van der Waals surface area (Å²) in [6.07, 6.45) is 4.63. The summed E-state index contributed by atoms with van der Waals surface area (Å²) in [5.74, 6) is 2.17. The van der Waals surface area contributed by atoms with Crippen LogP contribution in [0.3, 0.4) is 0 Å². The number of rotatable bonds is 3. The maximum absolute atomic E-state index is 11.8. The lowest BCUT2D eigenvalue weighted by atomic mass is 9.76. The van der Waals surface area contributed by atoms with Crippen LogP contribution in [-0.4, -0.2) is 11.9 Å². The third-order valence-corrected chi connectivity index (χ3v) is 3.52. The predicted molar refractivity (Wildman–Crippen MR) is 63.6 cm³/mol. The molecule has 88 valence electrons. The van der Waals surface area contributed by atoms with E-state index in [0.717, 1.165) is 24.7 Å². The zero-order valence-electron chi connectivity index (χ0n) is 10.5. The number of carbonyl (C=O) groups is 1. The molecule has 0 bridgehead atoms. The van der Waals surface area contributed by atoms with Gasteiger partial charge in [-0.1, -0.05) is 13.8 Å². The van der Waals surface area contributed by atoms with Gasteiger partial charge >= 0.3 is 0 Å². The second kappa shape index (κ2) is 5.53. The fraction of sp³-hybridized carbons (Fsp3) is 0.923. The zero-order chi connectivity index (χ0) is 11.4. The van der Waals surface area contributed by atoms with Crippen LogP contribution in [0.15, 0.2) is 0 Å². The molecule has 1 amide bonds. The summed E-state index contributed by atoms with van der Waals surface area (Å²) in [5, 5.41) is 3.02. The Kier molecular flexibility index (Phi) is 4.62. The topological polar surface area (TPSA) is 29.1 Å². The van der Waals surface area contributed by atoms with Crippen LogP contribution in [0.2, 0.25) is 0 Å². The van der Waals surface area contributed by atoms with E-state index in [2.05, 4.69) is 19.2 Å². The van der Waals surface area contributed by atoms with Gasteiger partial charge in [-0.25, -0.2) is 0 Å². The highest BCUT2D eigenvalue weighted by Gasteiger charge is 2.27. The average Bonchev–Trinajstić information content (AvgIpc) is 2.17. The van der Waals surface area contributed by atoms with Gasteiger partial charge in [-0.2, -0.15) is 0 Å². The van der Waals surface area contributed by atoms with Crippen molar-refractivity contribution in [2.45, 2.75) is 59.4 Å². The minimum Gasteiger partial charge on any atom is -0.354 e. The maximum atomic E-state index is 11.8. The molecule has 0 aromatic rings. The minimum atomic E-state index is 0.271. The van der Waals surface area contributed by atoms with Crippen molar-refractivity contribution in [1.82, 2.24) is 5.32 Å². The van der Waals surface area contributed by atoms with Gasteiger partial charge < -0.3 is 5.32 Å². The molecule has 0 aliphatic heterocycles. The highest BCUT2D eigenvalue weighted by molar-refractivity contribution is 5.78. The summed E-state index contributed by atoms with van der Waals surface area (Å²) in [6.45, 7) is 8.63. The molecule has 1 N–H and O–H groups in total. The number of hydrogen-bond acceptors (Lipinski definition) is 1. The van der Waals surface area contributed by atoms with Gasteiger partial charge in [-0.15, -0.1) is 0 Å². The van der Waals surface area contributed by atoms with Gasteiger partial charge in [-0.3, -0.25) is 4.79 Å². The molecule has 0 saturated heterocycles. The van der Waals surface area contributed by atoms with E-state index in [-0.39, 0.29) is 17.9 Å². The van der Waals surface area contributed by atoms with Gasteiger partial charge in [0.15, 0.2) is 0 Å². The maximum Gasteiger partial charge on any atom is 0.223 e. The summed E-state index contributed by atoms with van der Waals surface area (Å²) >= 11 is 0. The van der Waals surface area contributed by atoms with Crippen molar-refractivity contribution in [3.8, 4) is 0 Å². The quantitative estimate of drug-likeness (QED) is 0.764. The molecule has 1 aliphatic carbocycles. The summed E-state index contributed by atoms with van der Waals surface area (Å²) in [5.41, 5.74) is 0. The van der Waals surface area contributed by atoms with Crippen LogP contribution >= 0.6 is 0 Å². The highest BCUT2D eigenvalue weighted by Crippen LogP contribution is 2.33. The third-order valence-electron chi connectivity index (χ3n) is 3.52. The van der Waals surface area contributed by atoms with Gasteiger partial charge in [0.25, 0.3) is 0 Å². The Labute approximate surface area is 93.8 Å². The van der Waals surface area contributed by atoms with Crippen molar-refractivity contribution in [2.24, 2.45) is 17.8 Å². The lowest BCUT2D eigenvalue weighted by molar-refractivity contribution is -0.126. The van der Waals surface area contributed by atoms with Crippen LogP contribution in [-0.2, 0) is 4.79 Å². The van der Waals surface area contributed by atoms with Gasteiger partial charge in [0.1, 0.15) is 0 Å². The summed E-state index contributed by atoms with van der Waals surface area (Å²) < 4.78 is 0. The second-order valence-corrected chi connectivity index (χ2v) is 5.52. The molecular weight excluding hydrogens is 186 g/mol. The Morgan fingerprint density at radius 3 is 2.00 bits per heavy atom. The monoisotopic (exact) mass is 211 g/mol. The van der Waals surface area contributed by atoms with E-state index in [1.807, 2.05) is 13.8 Å². The molecule has 1 aliphatic rings. The normalized spacial score (nSPS) is 27.1. The third kappa shape index (κ3) is 3.84. The first kappa shape index (κ1) is 12.5. The Bertz CT molecular complexity index is 203. The number of hydrogen-bond donors (Lipinski definition) is 1. The van der Waals surface area contributed by atoms with E-state index in [4.69, 9.17) is 0 Å². The average molecular weight is 211 g/mol. The number of carbonyl (C=O) groups excluding carboxylic acids is 1. The lowest BCUT2D eigenvalue weighted by Crippen LogP contribution is -2.37. The number of nitrogens with one attached hydrogen (secondary N) is 1. The molecule has 0 aromatic heterocycles. The summed E-state index contributed by atoms with van der Waals surface area (Å²) in [4.78, 5) is 11.8. The molecular formula is C13H25NO. The first-order chi connectivity index (χ1) is 7.00. The molecule has 0 atom stereocenters. The summed E-state index contributed by atoms with van der Waals surface area (Å²) in [7, 11) is 0. The molecule has 0 heterocycles. The molecule has 2 heteroatoms. The van der Waals surface area contributed by atoms with E-state index in [0.29, 0.717) is 0 Å². The van der Waals surface area contributed by atoms with Gasteiger partial charge in [0, 0.05) is 12.0 Å². The van der Waals surface area contributed by atoms with Crippen LogP contribution < -0.4 is 5.32 Å². The van der Waals surface area contributed by atoms with Crippen LogP contribution in [0, 0.1) is 17.8 Å². The van der Waals surface area contributed by atoms with Crippen molar-refractivity contribution >= 4 is 5.91 Å². The van der Waals surface area contributed by atoms with Crippen molar-refractivity contribution in [2.75, 3.05) is 0 Å². The minimum absolute atomic E-state index is 0.271. The molecule has 15 heavy (non-hydrogen) atoms. The lowest BCUT2D eigenvalue weighted by Gasteiger charge is -2.30. The highest BCUT2D eigenvalue weighted by atomic mass is 16.1. The smallest absolute Gasteiger partial charge is 0.223 e. The second-order valence-electron chi connectivity index (χ2n) is 5.52. The molecule has 0 spiro atoms. The predicted octanol–water partition coefficient (Wildman–Crippen LogP) is 2.97. The first-order valence-electron chi connectivity index (χ1n) is 6.31. The summed E-state index contributed by atoms with van der Waals surface area (Å²) in [6, 6.07) is 0.278. The Morgan fingerprint density at radius 2 is 1.60 bits per heavy atom. The Hall–Kier alpha value is -0.530. The van der Waals surface area contributed by atoms with Crippen LogP contribution in [0.1, 0.15) is 53.4 Å².